The monoisotopic (exact) mass is 229 g/mol. The first kappa shape index (κ1) is 11.2. The lowest BCUT2D eigenvalue weighted by Crippen LogP contribution is -2.54. The number of anilines is 1. The van der Waals surface area contributed by atoms with Gasteiger partial charge in [0.15, 0.2) is 0 Å². The molecule has 1 fully saturated rings. The number of hydrogen-bond acceptors (Lipinski definition) is 2. The van der Waals surface area contributed by atoms with E-state index in [4.69, 9.17) is 4.65 Å². The minimum Gasteiger partial charge on any atom is -0.416 e. The predicted molar refractivity (Wildman–Crippen MR) is 72.5 cm³/mol. The SMILES string of the molecule is CCC(C)(C)N1B2CC(CO2)c2ccccc21. The number of fused-ring (bicyclic) bond motifs is 4. The van der Waals surface area contributed by atoms with E-state index in [9.17, 15) is 0 Å². The number of rotatable bonds is 2. The highest BCUT2D eigenvalue weighted by molar-refractivity contribution is 6.58. The van der Waals surface area contributed by atoms with Crippen LogP contribution < -0.4 is 4.81 Å². The van der Waals surface area contributed by atoms with Crippen molar-refractivity contribution in [3.8, 4) is 0 Å². The summed E-state index contributed by atoms with van der Waals surface area (Å²) in [5, 5.41) is 0. The van der Waals surface area contributed by atoms with E-state index in [0.29, 0.717) is 5.92 Å². The molecule has 2 heterocycles. The molecule has 1 atom stereocenters. The van der Waals surface area contributed by atoms with E-state index in [2.05, 4.69) is 49.8 Å². The zero-order valence-corrected chi connectivity index (χ0v) is 10.9. The number of para-hydroxylation sites is 1. The minimum absolute atomic E-state index is 0.163. The molecule has 90 valence electrons. The average Bonchev–Trinajstić information content (AvgIpc) is 2.74. The number of hydrogen-bond donors (Lipinski definition) is 0. The van der Waals surface area contributed by atoms with Gasteiger partial charge >= 0.3 is 7.05 Å². The molecule has 3 heteroatoms. The number of benzene rings is 1. The summed E-state index contributed by atoms with van der Waals surface area (Å²) in [6.45, 7) is 7.76. The Kier molecular flexibility index (Phi) is 2.48. The van der Waals surface area contributed by atoms with E-state index in [1.54, 1.807) is 0 Å². The molecule has 0 aliphatic carbocycles. The van der Waals surface area contributed by atoms with Gasteiger partial charge in [-0.05, 0) is 38.2 Å². The summed E-state index contributed by atoms with van der Waals surface area (Å²) in [5.74, 6) is 0.611. The number of nitrogens with zero attached hydrogens (tertiary/aromatic N) is 1. The third kappa shape index (κ3) is 1.60. The Hall–Kier alpha value is -0.955. The molecule has 0 amide bonds. The van der Waals surface area contributed by atoms with Crippen LogP contribution in [0.25, 0.3) is 0 Å². The maximum absolute atomic E-state index is 5.99. The van der Waals surface area contributed by atoms with Crippen LogP contribution >= 0.6 is 0 Å². The van der Waals surface area contributed by atoms with Crippen LogP contribution in [0.2, 0.25) is 6.32 Å². The molecule has 0 N–H and O–H groups in total. The van der Waals surface area contributed by atoms with Gasteiger partial charge in [-0.1, -0.05) is 25.1 Å². The molecule has 1 saturated heterocycles. The van der Waals surface area contributed by atoms with E-state index in [-0.39, 0.29) is 12.6 Å². The van der Waals surface area contributed by atoms with Crippen molar-refractivity contribution in [2.45, 2.75) is 45.0 Å². The summed E-state index contributed by atoms with van der Waals surface area (Å²) >= 11 is 0. The van der Waals surface area contributed by atoms with Crippen LogP contribution in [-0.2, 0) is 4.65 Å². The molecule has 0 spiro atoms. The molecule has 3 rings (SSSR count). The van der Waals surface area contributed by atoms with Crippen LogP contribution in [0.4, 0.5) is 5.69 Å². The van der Waals surface area contributed by atoms with Gasteiger partial charge in [-0.15, -0.1) is 0 Å². The predicted octanol–water partition coefficient (Wildman–Crippen LogP) is 3.30. The van der Waals surface area contributed by atoms with Gasteiger partial charge in [-0.2, -0.15) is 0 Å². The Morgan fingerprint density at radius 3 is 2.94 bits per heavy atom. The van der Waals surface area contributed by atoms with Crippen LogP contribution in [0.3, 0.4) is 0 Å². The largest absolute Gasteiger partial charge is 0.416 e. The molecule has 2 nitrogen and oxygen atoms in total. The van der Waals surface area contributed by atoms with Gasteiger partial charge in [0.05, 0.1) is 0 Å². The van der Waals surface area contributed by atoms with Crippen LogP contribution in [0.1, 0.15) is 38.7 Å². The molecule has 1 aromatic rings. The zero-order valence-electron chi connectivity index (χ0n) is 10.9. The lowest BCUT2D eigenvalue weighted by Gasteiger charge is -2.45. The van der Waals surface area contributed by atoms with Crippen molar-refractivity contribution >= 4 is 12.7 Å². The van der Waals surface area contributed by atoms with E-state index in [1.165, 1.54) is 11.3 Å². The van der Waals surface area contributed by atoms with Crippen LogP contribution in [0.5, 0.6) is 0 Å². The molecule has 2 aliphatic rings. The third-order valence-electron chi connectivity index (χ3n) is 4.42. The zero-order chi connectivity index (χ0) is 12.0. The summed E-state index contributed by atoms with van der Waals surface area (Å²) in [6.07, 6.45) is 2.28. The van der Waals surface area contributed by atoms with Gasteiger partial charge in [0.2, 0.25) is 0 Å². The highest BCUT2D eigenvalue weighted by Crippen LogP contribution is 2.45. The van der Waals surface area contributed by atoms with Gasteiger partial charge in [0.25, 0.3) is 0 Å². The van der Waals surface area contributed by atoms with Crippen molar-refractivity contribution in [2.75, 3.05) is 11.4 Å². The minimum atomic E-state index is 0.163. The molecular weight excluding hydrogens is 209 g/mol. The smallest absolute Gasteiger partial charge is 0.416 e. The van der Waals surface area contributed by atoms with Gasteiger partial charge < -0.3 is 9.47 Å². The second-order valence-corrected chi connectivity index (χ2v) is 5.82. The van der Waals surface area contributed by atoms with E-state index in [0.717, 1.165) is 19.3 Å². The lowest BCUT2D eigenvalue weighted by atomic mass is 9.65. The summed E-state index contributed by atoms with van der Waals surface area (Å²) < 4.78 is 5.99. The van der Waals surface area contributed by atoms with Crippen molar-refractivity contribution in [1.82, 2.24) is 0 Å². The van der Waals surface area contributed by atoms with E-state index < -0.39 is 0 Å². The quantitative estimate of drug-likeness (QED) is 0.721. The van der Waals surface area contributed by atoms with Gasteiger partial charge in [-0.3, -0.25) is 0 Å². The summed E-state index contributed by atoms with van der Waals surface area (Å²) in [5.41, 5.74) is 3.02. The maximum Gasteiger partial charge on any atom is 0.416 e. The van der Waals surface area contributed by atoms with Crippen LogP contribution in [-0.4, -0.2) is 19.2 Å². The first-order valence-electron chi connectivity index (χ1n) is 6.63. The second kappa shape index (κ2) is 3.77. The van der Waals surface area contributed by atoms with Crippen LogP contribution in [0.15, 0.2) is 24.3 Å². The Bertz CT molecular complexity index is 432. The highest BCUT2D eigenvalue weighted by atomic mass is 16.5. The average molecular weight is 229 g/mol. The Morgan fingerprint density at radius 1 is 1.41 bits per heavy atom. The van der Waals surface area contributed by atoms with Gasteiger partial charge in [0, 0.05) is 23.8 Å². The second-order valence-electron chi connectivity index (χ2n) is 5.82. The normalized spacial score (nSPS) is 22.9. The Labute approximate surface area is 104 Å². The molecule has 1 aromatic carbocycles. The fourth-order valence-corrected chi connectivity index (χ4v) is 3.10. The molecular formula is C14H20BNO. The topological polar surface area (TPSA) is 12.5 Å². The third-order valence-corrected chi connectivity index (χ3v) is 4.42. The lowest BCUT2D eigenvalue weighted by molar-refractivity contribution is 0.338. The first-order chi connectivity index (χ1) is 8.13. The first-order valence-corrected chi connectivity index (χ1v) is 6.63. The van der Waals surface area contributed by atoms with E-state index in [1.807, 2.05) is 0 Å². The van der Waals surface area contributed by atoms with Crippen molar-refractivity contribution in [2.24, 2.45) is 0 Å². The molecule has 0 aromatic heterocycles. The Morgan fingerprint density at radius 2 is 2.18 bits per heavy atom. The molecule has 2 aliphatic heterocycles. The molecule has 2 bridgehead atoms. The molecule has 17 heavy (non-hydrogen) atoms. The summed E-state index contributed by atoms with van der Waals surface area (Å²) in [6, 6.07) is 8.81. The van der Waals surface area contributed by atoms with Crippen molar-refractivity contribution in [3.63, 3.8) is 0 Å². The van der Waals surface area contributed by atoms with Crippen molar-refractivity contribution in [1.29, 1.82) is 0 Å². The standard InChI is InChI=1S/C14H20BNO/c1-4-14(2,3)16-13-8-6-5-7-12(13)11-9-15(16)17-10-11/h5-8,11H,4,9-10H2,1-3H3. The highest BCUT2D eigenvalue weighted by Gasteiger charge is 2.47. The van der Waals surface area contributed by atoms with Gasteiger partial charge in [-0.25, -0.2) is 0 Å². The molecule has 0 saturated carbocycles. The summed E-state index contributed by atoms with van der Waals surface area (Å²) in [7, 11) is 0.282. The van der Waals surface area contributed by atoms with Gasteiger partial charge in [0.1, 0.15) is 0 Å². The van der Waals surface area contributed by atoms with Crippen molar-refractivity contribution in [3.05, 3.63) is 29.8 Å². The van der Waals surface area contributed by atoms with Crippen molar-refractivity contribution < 1.29 is 4.65 Å². The summed E-state index contributed by atoms with van der Waals surface area (Å²) in [4.78, 5) is 2.49. The van der Waals surface area contributed by atoms with Crippen LogP contribution in [0, 0.1) is 0 Å². The maximum atomic E-state index is 5.99. The fraction of sp³-hybridized carbons (Fsp3) is 0.571. The molecule has 0 radical (unpaired) electrons. The fourth-order valence-electron chi connectivity index (χ4n) is 3.10. The van der Waals surface area contributed by atoms with E-state index >= 15 is 0 Å². The molecule has 1 unspecified atom stereocenters. The Balaban J connectivity index is 2.11.